The molecular formula is C16H14ClNO4S. The summed E-state index contributed by atoms with van der Waals surface area (Å²) < 4.78 is 0. The number of carboxylic acid groups (broad SMARTS) is 1. The number of fused-ring (bicyclic) bond motifs is 1. The first-order chi connectivity index (χ1) is 10.9. The Bertz CT molecular complexity index is 745. The first kappa shape index (κ1) is 16.1. The lowest BCUT2D eigenvalue weighted by Crippen LogP contribution is -2.61. The highest BCUT2D eigenvalue weighted by atomic mass is 35.5. The van der Waals surface area contributed by atoms with Gasteiger partial charge < -0.3 is 5.11 Å². The van der Waals surface area contributed by atoms with Gasteiger partial charge in [-0.2, -0.15) is 0 Å². The SMILES string of the molecule is CC1=C(C(=O)O)N2C(=O)[C@@H](CC(=O)c3ccccc3Cl)[C@H]2SC1. The number of benzene rings is 1. The second kappa shape index (κ2) is 6.02. The van der Waals surface area contributed by atoms with Crippen LogP contribution >= 0.6 is 23.4 Å². The third kappa shape index (κ3) is 2.66. The van der Waals surface area contributed by atoms with Gasteiger partial charge in [0.05, 0.1) is 16.3 Å². The third-order valence-corrected chi connectivity index (χ3v) is 5.86. The van der Waals surface area contributed by atoms with E-state index in [2.05, 4.69) is 0 Å². The van der Waals surface area contributed by atoms with Gasteiger partial charge in [-0.15, -0.1) is 11.8 Å². The predicted octanol–water partition coefficient (Wildman–Crippen LogP) is 2.80. The molecule has 0 bridgehead atoms. The van der Waals surface area contributed by atoms with Crippen LogP contribution in [0, 0.1) is 5.92 Å². The van der Waals surface area contributed by atoms with Crippen LogP contribution < -0.4 is 0 Å². The summed E-state index contributed by atoms with van der Waals surface area (Å²) in [6, 6.07) is 6.72. The zero-order chi connectivity index (χ0) is 16.7. The molecule has 5 nitrogen and oxygen atoms in total. The van der Waals surface area contributed by atoms with Gasteiger partial charge in [-0.25, -0.2) is 4.79 Å². The number of amides is 1. The number of carbonyl (C=O) groups is 3. The number of aliphatic carboxylic acids is 1. The molecule has 120 valence electrons. The monoisotopic (exact) mass is 351 g/mol. The Kier molecular flexibility index (Phi) is 4.21. The second-order valence-electron chi connectivity index (χ2n) is 5.56. The summed E-state index contributed by atoms with van der Waals surface area (Å²) in [6.07, 6.45) is 0.0443. The Morgan fingerprint density at radius 2 is 2.09 bits per heavy atom. The molecule has 3 rings (SSSR count). The summed E-state index contributed by atoms with van der Waals surface area (Å²) in [7, 11) is 0. The number of rotatable bonds is 4. The largest absolute Gasteiger partial charge is 0.477 e. The van der Waals surface area contributed by atoms with E-state index in [1.54, 1.807) is 31.2 Å². The van der Waals surface area contributed by atoms with Crippen molar-refractivity contribution in [2.24, 2.45) is 5.92 Å². The Balaban J connectivity index is 1.78. The summed E-state index contributed by atoms with van der Waals surface area (Å²) in [5, 5.41) is 9.36. The Labute approximate surface area is 142 Å². The molecule has 1 aromatic rings. The van der Waals surface area contributed by atoms with Gasteiger partial charge in [0.2, 0.25) is 5.91 Å². The molecule has 0 radical (unpaired) electrons. The van der Waals surface area contributed by atoms with Crippen molar-refractivity contribution >= 4 is 41.0 Å². The maximum Gasteiger partial charge on any atom is 0.352 e. The molecule has 1 fully saturated rings. The number of halogens is 1. The fourth-order valence-electron chi connectivity index (χ4n) is 2.91. The summed E-state index contributed by atoms with van der Waals surface area (Å²) in [5.41, 5.74) is 1.12. The summed E-state index contributed by atoms with van der Waals surface area (Å²) in [4.78, 5) is 37.4. The molecule has 7 heteroatoms. The van der Waals surface area contributed by atoms with Crippen molar-refractivity contribution in [2.75, 3.05) is 5.75 Å². The third-order valence-electron chi connectivity index (χ3n) is 4.05. The van der Waals surface area contributed by atoms with Crippen molar-refractivity contribution in [3.05, 3.63) is 46.1 Å². The van der Waals surface area contributed by atoms with E-state index in [1.807, 2.05) is 0 Å². The number of carbonyl (C=O) groups excluding carboxylic acids is 2. The van der Waals surface area contributed by atoms with Crippen LogP contribution in [0.2, 0.25) is 5.02 Å². The van der Waals surface area contributed by atoms with E-state index in [0.717, 1.165) is 0 Å². The number of hydrogen-bond donors (Lipinski definition) is 1. The van der Waals surface area contributed by atoms with Crippen LogP contribution in [0.1, 0.15) is 23.7 Å². The van der Waals surface area contributed by atoms with E-state index in [9.17, 15) is 19.5 Å². The molecule has 2 heterocycles. The van der Waals surface area contributed by atoms with Crippen molar-refractivity contribution in [3.8, 4) is 0 Å². The number of thioether (sulfide) groups is 1. The molecule has 0 aromatic heterocycles. The standard InChI is InChI=1S/C16H14ClNO4S/c1-8-7-23-15-10(14(20)18(15)13(8)16(21)22)6-12(19)9-4-2-3-5-11(9)17/h2-5,10,15H,6-7H2,1H3,(H,21,22)/t10-,15-/m1/s1. The van der Waals surface area contributed by atoms with Gasteiger partial charge in [-0.05, 0) is 24.6 Å². The van der Waals surface area contributed by atoms with Gasteiger partial charge >= 0.3 is 5.97 Å². The average molecular weight is 352 g/mol. The van der Waals surface area contributed by atoms with Crippen LogP contribution in [-0.2, 0) is 9.59 Å². The zero-order valence-electron chi connectivity index (χ0n) is 12.3. The van der Waals surface area contributed by atoms with Gasteiger partial charge in [0.25, 0.3) is 0 Å². The maximum absolute atomic E-state index is 12.4. The molecule has 0 saturated carbocycles. The lowest BCUT2D eigenvalue weighted by Gasteiger charge is -2.49. The van der Waals surface area contributed by atoms with Gasteiger partial charge in [0.15, 0.2) is 5.78 Å². The number of nitrogens with zero attached hydrogens (tertiary/aromatic N) is 1. The first-order valence-electron chi connectivity index (χ1n) is 7.07. The van der Waals surface area contributed by atoms with Crippen LogP contribution in [0.4, 0.5) is 0 Å². The number of carboxylic acids is 1. The molecule has 0 unspecified atom stereocenters. The molecule has 2 aliphatic rings. The highest BCUT2D eigenvalue weighted by Crippen LogP contribution is 2.45. The molecule has 23 heavy (non-hydrogen) atoms. The fraction of sp³-hybridized carbons (Fsp3) is 0.312. The summed E-state index contributed by atoms with van der Waals surface area (Å²) >= 11 is 7.51. The molecule has 0 aliphatic carbocycles. The summed E-state index contributed by atoms with van der Waals surface area (Å²) in [5.74, 6) is -1.55. The molecule has 2 aliphatic heterocycles. The molecule has 1 amide bonds. The Hall–Kier alpha value is -1.79. The van der Waals surface area contributed by atoms with E-state index in [4.69, 9.17) is 11.6 Å². The van der Waals surface area contributed by atoms with Crippen molar-refractivity contribution in [1.82, 2.24) is 4.90 Å². The first-order valence-corrected chi connectivity index (χ1v) is 8.50. The average Bonchev–Trinajstić information content (AvgIpc) is 2.52. The minimum atomic E-state index is -1.10. The molecular weight excluding hydrogens is 338 g/mol. The van der Waals surface area contributed by atoms with Gasteiger partial charge in [-0.1, -0.05) is 23.7 Å². The van der Waals surface area contributed by atoms with Crippen LogP contribution in [0.15, 0.2) is 35.5 Å². The maximum atomic E-state index is 12.4. The predicted molar refractivity (Wildman–Crippen MR) is 87.3 cm³/mol. The van der Waals surface area contributed by atoms with Crippen molar-refractivity contribution < 1.29 is 19.5 Å². The van der Waals surface area contributed by atoms with Crippen molar-refractivity contribution in [1.29, 1.82) is 0 Å². The second-order valence-corrected chi connectivity index (χ2v) is 7.07. The molecule has 1 saturated heterocycles. The Morgan fingerprint density at radius 1 is 1.39 bits per heavy atom. The van der Waals surface area contributed by atoms with E-state index in [-0.39, 0.29) is 29.2 Å². The van der Waals surface area contributed by atoms with Crippen molar-refractivity contribution in [2.45, 2.75) is 18.7 Å². The Morgan fingerprint density at radius 3 is 2.74 bits per heavy atom. The number of hydrogen-bond acceptors (Lipinski definition) is 4. The van der Waals surface area contributed by atoms with E-state index < -0.39 is 11.9 Å². The van der Waals surface area contributed by atoms with E-state index in [1.165, 1.54) is 16.7 Å². The molecule has 2 atom stereocenters. The lowest BCUT2D eigenvalue weighted by atomic mass is 9.89. The summed E-state index contributed by atoms with van der Waals surface area (Å²) in [6.45, 7) is 1.71. The van der Waals surface area contributed by atoms with Gasteiger partial charge in [-0.3, -0.25) is 14.5 Å². The minimum Gasteiger partial charge on any atom is -0.477 e. The van der Waals surface area contributed by atoms with E-state index in [0.29, 0.717) is 21.9 Å². The molecule has 0 spiro atoms. The zero-order valence-corrected chi connectivity index (χ0v) is 13.9. The van der Waals surface area contributed by atoms with E-state index >= 15 is 0 Å². The molecule has 1 aromatic carbocycles. The smallest absolute Gasteiger partial charge is 0.352 e. The van der Waals surface area contributed by atoms with Gasteiger partial charge in [0.1, 0.15) is 5.70 Å². The quantitative estimate of drug-likeness (QED) is 0.667. The van der Waals surface area contributed by atoms with Crippen molar-refractivity contribution in [3.63, 3.8) is 0 Å². The minimum absolute atomic E-state index is 0.0443. The fourth-order valence-corrected chi connectivity index (χ4v) is 4.51. The van der Waals surface area contributed by atoms with Crippen LogP contribution in [-0.4, -0.2) is 38.8 Å². The van der Waals surface area contributed by atoms with Crippen LogP contribution in [0.25, 0.3) is 0 Å². The number of β-lactam (4-membered cyclic amide) rings is 1. The number of Topliss-reactive ketones (excluding diaryl/α,β-unsaturated/α-hetero) is 1. The highest BCUT2D eigenvalue weighted by molar-refractivity contribution is 8.00. The molecule has 1 N–H and O–H groups in total. The van der Waals surface area contributed by atoms with Crippen LogP contribution in [0.5, 0.6) is 0 Å². The topological polar surface area (TPSA) is 74.7 Å². The van der Waals surface area contributed by atoms with Crippen LogP contribution in [0.3, 0.4) is 0 Å². The van der Waals surface area contributed by atoms with Gasteiger partial charge in [0, 0.05) is 17.7 Å². The lowest BCUT2D eigenvalue weighted by molar-refractivity contribution is -0.152. The number of ketones is 1. The normalized spacial score (nSPS) is 23.4. The highest BCUT2D eigenvalue weighted by Gasteiger charge is 2.53.